The highest BCUT2D eigenvalue weighted by atomic mass is 19.1. The summed E-state index contributed by atoms with van der Waals surface area (Å²) >= 11 is 0. The fraction of sp³-hybridized carbons (Fsp3) is 0.571. The Hall–Kier alpha value is -1.41. The molecule has 0 aliphatic carbocycles. The van der Waals surface area contributed by atoms with E-state index in [1.165, 1.54) is 6.07 Å². The maximum atomic E-state index is 14.3. The first kappa shape index (κ1) is 14.5. The maximum Gasteiger partial charge on any atom is 0.238 e. The number of halogens is 1. The largest absolute Gasteiger partial charge is 0.378 e. The number of benzene rings is 1. The molecule has 0 amide bonds. The standard InChI is InChI=1S/C14H20FN3O3/c15-12-7-10(18-9-11(8-16)21-14(18)19)1-2-13(12)17-3-5-20-6-4-17/h1-2,7,11,14,19H,3-6,8-9,16H2/t11-,14?/m0/s1. The molecule has 2 aliphatic rings. The van der Waals surface area contributed by atoms with Crippen molar-refractivity contribution in [3.8, 4) is 0 Å². The van der Waals surface area contributed by atoms with Crippen LogP contribution in [0.5, 0.6) is 0 Å². The van der Waals surface area contributed by atoms with Crippen molar-refractivity contribution >= 4 is 11.4 Å². The number of nitrogens with two attached hydrogens (primary N) is 1. The van der Waals surface area contributed by atoms with Crippen LogP contribution < -0.4 is 15.5 Å². The van der Waals surface area contributed by atoms with Crippen LogP contribution in [-0.4, -0.2) is 57.0 Å². The van der Waals surface area contributed by atoms with E-state index in [4.69, 9.17) is 15.2 Å². The van der Waals surface area contributed by atoms with E-state index in [-0.39, 0.29) is 11.9 Å². The SMILES string of the molecule is NC[C@H]1CN(c2ccc(N3CCOCC3)c(F)c2)C(O)O1. The summed E-state index contributed by atoms with van der Waals surface area (Å²) in [5.74, 6) is -0.308. The molecule has 0 aromatic heterocycles. The minimum Gasteiger partial charge on any atom is -0.378 e. The molecular weight excluding hydrogens is 277 g/mol. The summed E-state index contributed by atoms with van der Waals surface area (Å²) < 4.78 is 24.9. The molecule has 116 valence electrons. The van der Waals surface area contributed by atoms with E-state index in [1.54, 1.807) is 17.0 Å². The fourth-order valence-electron chi connectivity index (χ4n) is 2.70. The van der Waals surface area contributed by atoms with Crippen LogP contribution in [0.4, 0.5) is 15.8 Å². The third-order valence-corrected chi connectivity index (χ3v) is 3.86. The molecule has 2 atom stereocenters. The van der Waals surface area contributed by atoms with Gasteiger partial charge in [0.2, 0.25) is 6.41 Å². The quantitative estimate of drug-likeness (QED) is 0.825. The Morgan fingerprint density at radius 3 is 2.71 bits per heavy atom. The smallest absolute Gasteiger partial charge is 0.238 e. The van der Waals surface area contributed by atoms with E-state index < -0.39 is 6.41 Å². The van der Waals surface area contributed by atoms with Crippen molar-refractivity contribution < 1.29 is 19.0 Å². The van der Waals surface area contributed by atoms with Gasteiger partial charge in [0.25, 0.3) is 0 Å². The van der Waals surface area contributed by atoms with Crippen LogP contribution in [-0.2, 0) is 9.47 Å². The van der Waals surface area contributed by atoms with Gasteiger partial charge in [-0.2, -0.15) is 0 Å². The van der Waals surface area contributed by atoms with Gasteiger partial charge < -0.3 is 30.1 Å². The van der Waals surface area contributed by atoms with E-state index in [9.17, 15) is 9.50 Å². The minimum atomic E-state index is -1.08. The summed E-state index contributed by atoms with van der Waals surface area (Å²) in [6.07, 6.45) is -1.31. The van der Waals surface area contributed by atoms with Crippen LogP contribution in [0.3, 0.4) is 0 Å². The number of aliphatic hydroxyl groups is 1. The molecule has 7 heteroatoms. The van der Waals surface area contributed by atoms with Gasteiger partial charge in [-0.1, -0.05) is 0 Å². The first-order chi connectivity index (χ1) is 10.2. The Labute approximate surface area is 122 Å². The lowest BCUT2D eigenvalue weighted by atomic mass is 10.2. The summed E-state index contributed by atoms with van der Waals surface area (Å²) in [5, 5.41) is 9.85. The predicted octanol–water partition coefficient (Wildman–Crippen LogP) is 0.102. The highest BCUT2D eigenvalue weighted by molar-refractivity contribution is 5.58. The second-order valence-corrected chi connectivity index (χ2v) is 5.21. The molecular formula is C14H20FN3O3. The van der Waals surface area contributed by atoms with Crippen LogP contribution >= 0.6 is 0 Å². The van der Waals surface area contributed by atoms with Gasteiger partial charge in [0, 0.05) is 25.3 Å². The number of rotatable bonds is 3. The van der Waals surface area contributed by atoms with Crippen LogP contribution in [0.1, 0.15) is 0 Å². The van der Waals surface area contributed by atoms with Crippen LogP contribution in [0, 0.1) is 5.82 Å². The number of hydrogen-bond donors (Lipinski definition) is 2. The van der Waals surface area contributed by atoms with Gasteiger partial charge in [-0.3, -0.25) is 0 Å². The van der Waals surface area contributed by atoms with E-state index in [1.807, 2.05) is 4.90 Å². The Balaban J connectivity index is 1.77. The molecule has 1 aromatic carbocycles. The van der Waals surface area contributed by atoms with Crippen molar-refractivity contribution in [2.45, 2.75) is 12.5 Å². The molecule has 3 rings (SSSR count). The fourth-order valence-corrected chi connectivity index (χ4v) is 2.70. The number of aliphatic hydroxyl groups excluding tert-OH is 1. The van der Waals surface area contributed by atoms with Crippen molar-refractivity contribution in [1.29, 1.82) is 0 Å². The number of ether oxygens (including phenoxy) is 2. The zero-order chi connectivity index (χ0) is 14.8. The second-order valence-electron chi connectivity index (χ2n) is 5.21. The van der Waals surface area contributed by atoms with E-state index in [2.05, 4.69) is 0 Å². The zero-order valence-corrected chi connectivity index (χ0v) is 11.7. The molecule has 2 heterocycles. The van der Waals surface area contributed by atoms with Gasteiger partial charge in [-0.15, -0.1) is 0 Å². The molecule has 0 saturated carbocycles. The molecule has 6 nitrogen and oxygen atoms in total. The predicted molar refractivity (Wildman–Crippen MR) is 76.7 cm³/mol. The van der Waals surface area contributed by atoms with Crippen LogP contribution in [0.25, 0.3) is 0 Å². The maximum absolute atomic E-state index is 14.3. The van der Waals surface area contributed by atoms with Crippen molar-refractivity contribution in [3.05, 3.63) is 24.0 Å². The third-order valence-electron chi connectivity index (χ3n) is 3.86. The Bertz CT molecular complexity index is 496. The van der Waals surface area contributed by atoms with E-state index in [0.717, 1.165) is 0 Å². The van der Waals surface area contributed by atoms with Crippen molar-refractivity contribution in [1.82, 2.24) is 0 Å². The lowest BCUT2D eigenvalue weighted by Crippen LogP contribution is -2.37. The Morgan fingerprint density at radius 1 is 1.33 bits per heavy atom. The number of hydrogen-bond acceptors (Lipinski definition) is 6. The van der Waals surface area contributed by atoms with Gasteiger partial charge >= 0.3 is 0 Å². The van der Waals surface area contributed by atoms with Gasteiger partial charge in [-0.05, 0) is 18.2 Å². The van der Waals surface area contributed by atoms with Gasteiger partial charge in [-0.25, -0.2) is 4.39 Å². The van der Waals surface area contributed by atoms with Crippen molar-refractivity contribution in [2.75, 3.05) is 49.2 Å². The molecule has 3 N–H and O–H groups in total. The topological polar surface area (TPSA) is 71.2 Å². The molecule has 0 spiro atoms. The lowest BCUT2D eigenvalue weighted by molar-refractivity contribution is -0.0855. The van der Waals surface area contributed by atoms with Gasteiger partial charge in [0.15, 0.2) is 0 Å². The first-order valence-corrected chi connectivity index (χ1v) is 7.11. The summed E-state index contributed by atoms with van der Waals surface area (Å²) in [6, 6.07) is 4.95. The highest BCUT2D eigenvalue weighted by Gasteiger charge is 2.31. The Morgan fingerprint density at radius 2 is 2.10 bits per heavy atom. The summed E-state index contributed by atoms with van der Waals surface area (Å²) in [5.41, 5.74) is 6.69. The first-order valence-electron chi connectivity index (χ1n) is 7.11. The van der Waals surface area contributed by atoms with E-state index in [0.29, 0.717) is 50.8 Å². The number of anilines is 2. The summed E-state index contributed by atoms with van der Waals surface area (Å²) in [6.45, 7) is 3.36. The minimum absolute atomic E-state index is 0.234. The highest BCUT2D eigenvalue weighted by Crippen LogP contribution is 2.29. The lowest BCUT2D eigenvalue weighted by Gasteiger charge is -2.30. The average molecular weight is 297 g/mol. The monoisotopic (exact) mass is 297 g/mol. The zero-order valence-electron chi connectivity index (χ0n) is 11.7. The van der Waals surface area contributed by atoms with Crippen LogP contribution in [0.2, 0.25) is 0 Å². The van der Waals surface area contributed by atoms with E-state index >= 15 is 0 Å². The molecule has 1 unspecified atom stereocenters. The summed E-state index contributed by atoms with van der Waals surface area (Å²) in [4.78, 5) is 3.56. The number of nitrogens with zero attached hydrogens (tertiary/aromatic N) is 2. The molecule has 2 saturated heterocycles. The molecule has 2 fully saturated rings. The van der Waals surface area contributed by atoms with Gasteiger partial charge in [0.05, 0.1) is 31.5 Å². The molecule has 1 aromatic rings. The summed E-state index contributed by atoms with van der Waals surface area (Å²) in [7, 11) is 0. The van der Waals surface area contributed by atoms with Crippen LogP contribution in [0.15, 0.2) is 18.2 Å². The van der Waals surface area contributed by atoms with Crippen molar-refractivity contribution in [3.63, 3.8) is 0 Å². The third kappa shape index (κ3) is 2.96. The molecule has 0 bridgehead atoms. The molecule has 2 aliphatic heterocycles. The number of morpholine rings is 1. The Kier molecular flexibility index (Phi) is 4.25. The van der Waals surface area contributed by atoms with Gasteiger partial charge in [0.1, 0.15) is 5.82 Å². The van der Waals surface area contributed by atoms with Crippen molar-refractivity contribution in [2.24, 2.45) is 5.73 Å². The average Bonchev–Trinajstić information content (AvgIpc) is 2.89. The normalized spacial score (nSPS) is 26.4. The second kappa shape index (κ2) is 6.15. The molecule has 0 radical (unpaired) electrons. The molecule has 21 heavy (non-hydrogen) atoms.